The molecule has 0 aliphatic carbocycles. The highest BCUT2D eigenvalue weighted by molar-refractivity contribution is 7.23. The highest BCUT2D eigenvalue weighted by atomic mass is 35.5. The second-order valence-electron chi connectivity index (χ2n) is 4.81. The minimum absolute atomic E-state index is 0.0220. The number of aliphatic carboxylic acids is 1. The van der Waals surface area contributed by atoms with E-state index in [1.54, 1.807) is 11.3 Å². The van der Waals surface area contributed by atoms with E-state index in [1.807, 2.05) is 12.1 Å². The molecule has 0 spiro atoms. The summed E-state index contributed by atoms with van der Waals surface area (Å²) in [6.07, 6.45) is -0.0220. The van der Waals surface area contributed by atoms with E-state index in [0.29, 0.717) is 4.34 Å². The van der Waals surface area contributed by atoms with Gasteiger partial charge in [-0.1, -0.05) is 11.6 Å². The summed E-state index contributed by atoms with van der Waals surface area (Å²) in [6.45, 7) is 4.15. The van der Waals surface area contributed by atoms with Crippen LogP contribution in [0.5, 0.6) is 0 Å². The van der Waals surface area contributed by atoms with Gasteiger partial charge in [0.05, 0.1) is 26.2 Å². The molecule has 1 N–H and O–H groups in total. The molecule has 0 fully saturated rings. The molecule has 0 unspecified atom stereocenters. The Balaban J connectivity index is 2.09. The van der Waals surface area contributed by atoms with E-state index < -0.39 is 5.97 Å². The number of thiophene rings is 2. The Hall–Kier alpha value is -1.21. The van der Waals surface area contributed by atoms with Crippen molar-refractivity contribution in [3.63, 3.8) is 0 Å². The van der Waals surface area contributed by atoms with Crippen LogP contribution in [0.2, 0.25) is 4.34 Å². The van der Waals surface area contributed by atoms with Crippen LogP contribution in [-0.2, 0) is 11.2 Å². The fraction of sp³-hybridized carbons (Fsp3) is 0.200. The molecule has 3 heterocycles. The van der Waals surface area contributed by atoms with E-state index >= 15 is 0 Å². The first-order valence-electron chi connectivity index (χ1n) is 6.48. The van der Waals surface area contributed by atoms with Crippen LogP contribution in [-0.4, -0.2) is 16.1 Å². The van der Waals surface area contributed by atoms with E-state index in [9.17, 15) is 4.79 Å². The number of halogens is 1. The van der Waals surface area contributed by atoms with Crippen molar-refractivity contribution in [1.29, 1.82) is 0 Å². The first kappa shape index (κ1) is 15.7. The summed E-state index contributed by atoms with van der Waals surface area (Å²) in [4.78, 5) is 19.8. The predicted molar refractivity (Wildman–Crippen MR) is 94.6 cm³/mol. The number of hydrogen-bond donors (Lipinski definition) is 1. The summed E-state index contributed by atoms with van der Waals surface area (Å²) in [5.41, 5.74) is 1.97. The molecule has 3 aromatic rings. The molecule has 0 aliphatic rings. The summed E-state index contributed by atoms with van der Waals surface area (Å²) in [5.74, 6) is -0.849. The molecule has 114 valence electrons. The van der Waals surface area contributed by atoms with Crippen LogP contribution in [0.1, 0.15) is 15.3 Å². The molecular formula is C15H12ClNO2S3. The van der Waals surface area contributed by atoms with E-state index in [2.05, 4.69) is 24.9 Å². The van der Waals surface area contributed by atoms with Crippen LogP contribution in [0.15, 0.2) is 18.2 Å². The molecule has 0 radical (unpaired) electrons. The average molecular weight is 370 g/mol. The fourth-order valence-corrected chi connectivity index (χ4v) is 5.30. The Morgan fingerprint density at radius 2 is 2.00 bits per heavy atom. The number of thiazole rings is 1. The zero-order chi connectivity index (χ0) is 15.9. The maximum absolute atomic E-state index is 11.1. The maximum Gasteiger partial charge on any atom is 0.308 e. The molecule has 0 aromatic carbocycles. The van der Waals surface area contributed by atoms with E-state index in [-0.39, 0.29) is 6.42 Å². The summed E-state index contributed by atoms with van der Waals surface area (Å²) >= 11 is 10.6. The fourth-order valence-electron chi connectivity index (χ4n) is 2.03. The summed E-state index contributed by atoms with van der Waals surface area (Å²) in [6, 6.07) is 5.81. The maximum atomic E-state index is 11.1. The van der Waals surface area contributed by atoms with Gasteiger partial charge in [0.2, 0.25) is 0 Å². The minimum atomic E-state index is -0.849. The van der Waals surface area contributed by atoms with Crippen molar-refractivity contribution in [1.82, 2.24) is 4.98 Å². The van der Waals surface area contributed by atoms with Crippen molar-refractivity contribution in [3.8, 4) is 20.5 Å². The van der Waals surface area contributed by atoms with Crippen LogP contribution in [0, 0.1) is 13.8 Å². The van der Waals surface area contributed by atoms with Crippen LogP contribution in [0.4, 0.5) is 0 Å². The summed E-state index contributed by atoms with van der Waals surface area (Å²) in [5, 5.41) is 10.0. The van der Waals surface area contributed by atoms with E-state index in [0.717, 1.165) is 25.3 Å². The van der Waals surface area contributed by atoms with Gasteiger partial charge in [-0.05, 0) is 37.6 Å². The van der Waals surface area contributed by atoms with Crippen LogP contribution < -0.4 is 0 Å². The Morgan fingerprint density at radius 1 is 1.23 bits per heavy atom. The molecule has 7 heteroatoms. The van der Waals surface area contributed by atoms with Gasteiger partial charge in [-0.3, -0.25) is 4.79 Å². The van der Waals surface area contributed by atoms with Gasteiger partial charge in [-0.15, -0.1) is 34.0 Å². The predicted octanol–water partition coefficient (Wildman–Crippen LogP) is 5.50. The number of carboxylic acids is 1. The molecule has 0 saturated heterocycles. The van der Waals surface area contributed by atoms with Gasteiger partial charge in [-0.2, -0.15) is 0 Å². The molecule has 3 aromatic heterocycles. The molecule has 0 aliphatic heterocycles. The Kier molecular flexibility index (Phi) is 4.36. The quantitative estimate of drug-likeness (QED) is 0.660. The Morgan fingerprint density at radius 3 is 2.55 bits per heavy atom. The largest absolute Gasteiger partial charge is 0.481 e. The number of hydrogen-bond acceptors (Lipinski definition) is 5. The van der Waals surface area contributed by atoms with Gasteiger partial charge < -0.3 is 5.11 Å². The van der Waals surface area contributed by atoms with Crippen LogP contribution in [0.3, 0.4) is 0 Å². The standard InChI is InChI=1S/C15H12ClNO2S3/c1-7-5-11(20-8(7)2)15-17-14(9-3-4-12(16)21-9)10(22-15)6-13(18)19/h3-5H,6H2,1-2H3,(H,18,19). The first-order chi connectivity index (χ1) is 10.4. The smallest absolute Gasteiger partial charge is 0.308 e. The van der Waals surface area contributed by atoms with Crippen LogP contribution >= 0.6 is 45.6 Å². The van der Waals surface area contributed by atoms with Crippen LogP contribution in [0.25, 0.3) is 20.5 Å². The molecule has 3 rings (SSSR count). The third-order valence-corrected chi connectivity index (χ3v) is 6.81. The van der Waals surface area contributed by atoms with E-state index in [1.165, 1.54) is 33.1 Å². The molecular weight excluding hydrogens is 358 g/mol. The normalized spacial score (nSPS) is 11.0. The van der Waals surface area contributed by atoms with Gasteiger partial charge in [0.1, 0.15) is 5.01 Å². The Labute approximate surface area is 144 Å². The zero-order valence-electron chi connectivity index (χ0n) is 11.8. The highest BCUT2D eigenvalue weighted by Gasteiger charge is 2.19. The third kappa shape index (κ3) is 3.10. The third-order valence-electron chi connectivity index (χ3n) is 3.19. The van der Waals surface area contributed by atoms with Crippen molar-refractivity contribution in [2.75, 3.05) is 0 Å². The zero-order valence-corrected chi connectivity index (χ0v) is 15.0. The second-order valence-corrected chi connectivity index (χ2v) is 8.87. The molecule has 0 amide bonds. The summed E-state index contributed by atoms with van der Waals surface area (Å²) < 4.78 is 0.675. The second kappa shape index (κ2) is 6.12. The lowest BCUT2D eigenvalue weighted by atomic mass is 10.2. The van der Waals surface area contributed by atoms with E-state index in [4.69, 9.17) is 16.7 Å². The summed E-state index contributed by atoms with van der Waals surface area (Å²) in [7, 11) is 0. The lowest BCUT2D eigenvalue weighted by Gasteiger charge is -1.95. The van der Waals surface area contributed by atoms with Gasteiger partial charge in [0, 0.05) is 9.75 Å². The SMILES string of the molecule is Cc1cc(-c2nc(-c3ccc(Cl)s3)c(CC(=O)O)s2)sc1C. The lowest BCUT2D eigenvalue weighted by Crippen LogP contribution is -1.98. The number of aryl methyl sites for hydroxylation is 2. The van der Waals surface area contributed by atoms with Crippen molar-refractivity contribution in [3.05, 3.63) is 37.9 Å². The van der Waals surface area contributed by atoms with Crippen molar-refractivity contribution in [2.45, 2.75) is 20.3 Å². The molecule has 0 atom stereocenters. The average Bonchev–Trinajstić information content (AvgIpc) is 3.10. The molecule has 3 nitrogen and oxygen atoms in total. The number of carbonyl (C=O) groups is 1. The molecule has 0 saturated carbocycles. The lowest BCUT2D eigenvalue weighted by molar-refractivity contribution is -0.136. The van der Waals surface area contributed by atoms with Gasteiger partial charge in [-0.25, -0.2) is 4.98 Å². The highest BCUT2D eigenvalue weighted by Crippen LogP contribution is 2.40. The molecule has 22 heavy (non-hydrogen) atoms. The van der Waals surface area contributed by atoms with Gasteiger partial charge in [0.25, 0.3) is 0 Å². The number of nitrogens with zero attached hydrogens (tertiary/aromatic N) is 1. The van der Waals surface area contributed by atoms with Crippen molar-refractivity contribution >= 4 is 51.6 Å². The minimum Gasteiger partial charge on any atom is -0.481 e. The number of carboxylic acid groups (broad SMARTS) is 1. The number of rotatable bonds is 4. The van der Waals surface area contributed by atoms with Gasteiger partial charge in [0.15, 0.2) is 0 Å². The number of aromatic nitrogens is 1. The topological polar surface area (TPSA) is 50.2 Å². The van der Waals surface area contributed by atoms with Crippen molar-refractivity contribution < 1.29 is 9.90 Å². The van der Waals surface area contributed by atoms with Crippen molar-refractivity contribution in [2.24, 2.45) is 0 Å². The van der Waals surface area contributed by atoms with Gasteiger partial charge >= 0.3 is 5.97 Å². The first-order valence-corrected chi connectivity index (χ1v) is 9.31. The molecule has 0 bridgehead atoms. The Bertz CT molecular complexity index is 827. The monoisotopic (exact) mass is 369 g/mol.